The van der Waals surface area contributed by atoms with Crippen LogP contribution in [0.5, 0.6) is 0 Å². The van der Waals surface area contributed by atoms with E-state index < -0.39 is 0 Å². The van der Waals surface area contributed by atoms with E-state index in [1.807, 2.05) is 23.7 Å². The summed E-state index contributed by atoms with van der Waals surface area (Å²) in [6.45, 7) is 10.8. The molecule has 5 nitrogen and oxygen atoms in total. The zero-order valence-electron chi connectivity index (χ0n) is 16.0. The molecule has 0 saturated carbocycles. The summed E-state index contributed by atoms with van der Waals surface area (Å²) in [4.78, 5) is 18.7. The second-order valence-electron chi connectivity index (χ2n) is 7.22. The van der Waals surface area contributed by atoms with Crippen LogP contribution in [0.1, 0.15) is 38.3 Å². The fourth-order valence-corrected chi connectivity index (χ4v) is 4.66. The molecular weight excluding hydrogens is 356 g/mol. The van der Waals surface area contributed by atoms with Crippen molar-refractivity contribution in [2.24, 2.45) is 0 Å². The highest BCUT2D eigenvalue weighted by Gasteiger charge is 2.38. The fourth-order valence-electron chi connectivity index (χ4n) is 3.94. The SMILES string of the molecule is C=CCSc1nn(CC)c2nc3c(c(=O)n12)[C@@](C)(CC)Cc1ccccc1-3. The predicted molar refractivity (Wildman–Crippen MR) is 111 cm³/mol. The van der Waals surface area contributed by atoms with Crippen molar-refractivity contribution in [2.45, 2.75) is 50.7 Å². The first-order valence-electron chi connectivity index (χ1n) is 9.40. The molecule has 0 radical (unpaired) electrons. The lowest BCUT2D eigenvalue weighted by Crippen LogP contribution is -2.37. The average Bonchev–Trinajstić information content (AvgIpc) is 3.04. The van der Waals surface area contributed by atoms with Crippen LogP contribution in [0.2, 0.25) is 0 Å². The number of hydrogen-bond acceptors (Lipinski definition) is 4. The van der Waals surface area contributed by atoms with Crippen molar-refractivity contribution in [3.05, 3.63) is 58.4 Å². The molecule has 6 heteroatoms. The summed E-state index contributed by atoms with van der Waals surface area (Å²) in [7, 11) is 0. The van der Waals surface area contributed by atoms with Gasteiger partial charge >= 0.3 is 0 Å². The molecule has 0 N–H and O–H groups in total. The Morgan fingerprint density at radius 2 is 2.11 bits per heavy atom. The van der Waals surface area contributed by atoms with Crippen LogP contribution in [0.4, 0.5) is 0 Å². The number of benzene rings is 1. The zero-order chi connectivity index (χ0) is 19.2. The van der Waals surface area contributed by atoms with E-state index in [1.165, 1.54) is 17.3 Å². The van der Waals surface area contributed by atoms with Crippen molar-refractivity contribution >= 4 is 17.5 Å². The van der Waals surface area contributed by atoms with Gasteiger partial charge in [-0.15, -0.1) is 11.7 Å². The van der Waals surface area contributed by atoms with Gasteiger partial charge < -0.3 is 0 Å². The van der Waals surface area contributed by atoms with Crippen LogP contribution in [0.15, 0.2) is 46.9 Å². The van der Waals surface area contributed by atoms with E-state index in [-0.39, 0.29) is 11.0 Å². The van der Waals surface area contributed by atoms with Gasteiger partial charge in [-0.25, -0.2) is 14.1 Å². The molecule has 4 rings (SSSR count). The molecule has 0 fully saturated rings. The Bertz CT molecular complexity index is 1100. The van der Waals surface area contributed by atoms with Gasteiger partial charge in [0.25, 0.3) is 5.56 Å². The first-order chi connectivity index (χ1) is 13.0. The minimum atomic E-state index is -0.232. The summed E-state index contributed by atoms with van der Waals surface area (Å²) in [5, 5.41) is 5.32. The minimum Gasteiger partial charge on any atom is -0.268 e. The van der Waals surface area contributed by atoms with Gasteiger partial charge in [0.1, 0.15) is 0 Å². The molecule has 2 aromatic heterocycles. The van der Waals surface area contributed by atoms with E-state index >= 15 is 0 Å². The van der Waals surface area contributed by atoms with E-state index in [2.05, 4.69) is 43.7 Å². The monoisotopic (exact) mass is 380 g/mol. The number of aryl methyl sites for hydroxylation is 1. The van der Waals surface area contributed by atoms with Gasteiger partial charge in [0.15, 0.2) is 5.16 Å². The molecule has 1 aliphatic carbocycles. The van der Waals surface area contributed by atoms with Crippen molar-refractivity contribution in [2.75, 3.05) is 5.75 Å². The Labute approximate surface area is 163 Å². The molecule has 0 bridgehead atoms. The van der Waals surface area contributed by atoms with Gasteiger partial charge in [-0.05, 0) is 25.3 Å². The number of aromatic nitrogens is 4. The molecule has 0 saturated heterocycles. The Morgan fingerprint density at radius 3 is 2.81 bits per heavy atom. The first kappa shape index (κ1) is 18.0. The summed E-state index contributed by atoms with van der Waals surface area (Å²) in [5.74, 6) is 1.32. The standard InChI is InChI=1S/C21H24N4OS/c1-5-12-27-20-23-24(7-3)19-22-17-15-11-9-8-10-14(15)13-21(4,6-2)16(17)18(26)25(19)20/h5,8-11H,1,6-7,12-13H2,2-4H3/t21-/m0/s1. The average molecular weight is 381 g/mol. The first-order valence-corrected chi connectivity index (χ1v) is 10.4. The Hall–Kier alpha value is -2.34. The van der Waals surface area contributed by atoms with Crippen LogP contribution in [-0.2, 0) is 18.4 Å². The van der Waals surface area contributed by atoms with Crippen LogP contribution in [-0.4, -0.2) is 24.9 Å². The minimum absolute atomic E-state index is 0.0140. The van der Waals surface area contributed by atoms with Gasteiger partial charge in [0.2, 0.25) is 5.78 Å². The summed E-state index contributed by atoms with van der Waals surface area (Å²) in [6, 6.07) is 8.30. The van der Waals surface area contributed by atoms with E-state index in [4.69, 9.17) is 4.98 Å². The van der Waals surface area contributed by atoms with Crippen LogP contribution in [0.3, 0.4) is 0 Å². The predicted octanol–water partition coefficient (Wildman–Crippen LogP) is 4.08. The molecule has 1 aromatic carbocycles. The van der Waals surface area contributed by atoms with Crippen molar-refractivity contribution in [3.63, 3.8) is 0 Å². The van der Waals surface area contributed by atoms with Crippen molar-refractivity contribution < 1.29 is 0 Å². The van der Waals surface area contributed by atoms with Gasteiger partial charge in [0, 0.05) is 23.3 Å². The van der Waals surface area contributed by atoms with Gasteiger partial charge in [-0.2, -0.15) is 0 Å². The molecule has 1 aliphatic rings. The quantitative estimate of drug-likeness (QED) is 0.494. The summed E-state index contributed by atoms with van der Waals surface area (Å²) in [5.41, 5.74) is 3.75. The number of hydrogen-bond donors (Lipinski definition) is 0. The van der Waals surface area contributed by atoms with Crippen molar-refractivity contribution in [1.29, 1.82) is 0 Å². The van der Waals surface area contributed by atoms with Gasteiger partial charge in [0.05, 0.1) is 11.3 Å². The Balaban J connectivity index is 2.11. The normalized spacial score (nSPS) is 18.3. The lowest BCUT2D eigenvalue weighted by Gasteiger charge is -2.35. The van der Waals surface area contributed by atoms with E-state index in [1.54, 1.807) is 4.40 Å². The maximum atomic E-state index is 13.7. The molecular formula is C21H24N4OS. The highest BCUT2D eigenvalue weighted by atomic mass is 32.2. The third-order valence-electron chi connectivity index (χ3n) is 5.56. The molecule has 1 atom stereocenters. The highest BCUT2D eigenvalue weighted by molar-refractivity contribution is 7.99. The third-order valence-corrected chi connectivity index (χ3v) is 6.49. The lowest BCUT2D eigenvalue weighted by atomic mass is 9.69. The van der Waals surface area contributed by atoms with Gasteiger partial charge in [-0.1, -0.05) is 56.0 Å². The Kier molecular flexibility index (Phi) is 4.46. The molecule has 0 spiro atoms. The molecule has 0 amide bonds. The summed E-state index contributed by atoms with van der Waals surface area (Å²) in [6.07, 6.45) is 3.56. The van der Waals surface area contributed by atoms with Gasteiger partial charge in [-0.3, -0.25) is 4.79 Å². The van der Waals surface area contributed by atoms with E-state index in [0.717, 1.165) is 29.7 Å². The van der Waals surface area contributed by atoms with Crippen LogP contribution >= 0.6 is 11.8 Å². The largest absolute Gasteiger partial charge is 0.268 e. The fraction of sp³-hybridized carbons (Fsp3) is 0.381. The topological polar surface area (TPSA) is 52.2 Å². The number of nitrogens with zero attached hydrogens (tertiary/aromatic N) is 4. The van der Waals surface area contributed by atoms with Crippen LogP contribution in [0.25, 0.3) is 17.0 Å². The summed E-state index contributed by atoms with van der Waals surface area (Å²) >= 11 is 1.52. The second kappa shape index (κ2) is 6.68. The van der Waals surface area contributed by atoms with Crippen LogP contribution in [0, 0.1) is 0 Å². The number of fused-ring (bicyclic) bond motifs is 4. The Morgan fingerprint density at radius 1 is 1.33 bits per heavy atom. The molecule has 0 aliphatic heterocycles. The maximum Gasteiger partial charge on any atom is 0.265 e. The van der Waals surface area contributed by atoms with Crippen molar-refractivity contribution in [3.8, 4) is 11.3 Å². The third kappa shape index (κ3) is 2.65. The number of rotatable bonds is 5. The van der Waals surface area contributed by atoms with Crippen LogP contribution < -0.4 is 5.56 Å². The number of thioether (sulfide) groups is 1. The van der Waals surface area contributed by atoms with Crippen molar-refractivity contribution in [1.82, 2.24) is 19.2 Å². The molecule has 0 unspecified atom stereocenters. The smallest absolute Gasteiger partial charge is 0.265 e. The molecule has 27 heavy (non-hydrogen) atoms. The molecule has 140 valence electrons. The highest BCUT2D eigenvalue weighted by Crippen LogP contribution is 2.42. The second-order valence-corrected chi connectivity index (χ2v) is 8.21. The molecule has 3 aromatic rings. The maximum absolute atomic E-state index is 13.7. The lowest BCUT2D eigenvalue weighted by molar-refractivity contribution is 0.439. The van der Waals surface area contributed by atoms with E-state index in [9.17, 15) is 4.79 Å². The zero-order valence-corrected chi connectivity index (χ0v) is 16.8. The van der Waals surface area contributed by atoms with E-state index in [0.29, 0.717) is 23.2 Å². The molecule has 2 heterocycles. The summed E-state index contributed by atoms with van der Waals surface area (Å²) < 4.78 is 3.51.